The lowest BCUT2D eigenvalue weighted by Gasteiger charge is -2.30. The summed E-state index contributed by atoms with van der Waals surface area (Å²) in [6.07, 6.45) is 2.00. The van der Waals surface area contributed by atoms with Crippen molar-refractivity contribution < 1.29 is 9.32 Å². The van der Waals surface area contributed by atoms with Crippen LogP contribution in [0.15, 0.2) is 28.8 Å². The minimum absolute atomic E-state index is 0. The molecule has 2 heterocycles. The van der Waals surface area contributed by atoms with Crippen LogP contribution in [0.2, 0.25) is 0 Å². The van der Waals surface area contributed by atoms with Crippen molar-refractivity contribution in [2.45, 2.75) is 18.9 Å². The molecule has 2 aliphatic rings. The maximum atomic E-state index is 11.8. The molecule has 4 rings (SSSR count). The Morgan fingerprint density at radius 1 is 1.32 bits per heavy atom. The third-order valence-electron chi connectivity index (χ3n) is 4.60. The van der Waals surface area contributed by atoms with Crippen molar-refractivity contribution >= 4 is 24.0 Å². The number of hydrogen-bond acceptors (Lipinski definition) is 6. The molecule has 1 saturated carbocycles. The van der Waals surface area contributed by atoms with Crippen molar-refractivity contribution in [2.75, 3.05) is 32.0 Å². The number of anilines is 1. The molecule has 1 saturated heterocycles. The van der Waals surface area contributed by atoms with Gasteiger partial charge in [-0.1, -0.05) is 5.16 Å². The van der Waals surface area contributed by atoms with Gasteiger partial charge >= 0.3 is 0 Å². The Labute approximate surface area is 152 Å². The first-order valence-corrected chi connectivity index (χ1v) is 8.36. The first-order valence-electron chi connectivity index (χ1n) is 8.36. The predicted octanol–water partition coefficient (Wildman–Crippen LogP) is 2.08. The molecular weight excluding hydrogens is 342 g/mol. The SMILES string of the molecule is CN1CCNCC1c1noc(-c2ccc(NC(=O)C3CC3)cc2)n1.Cl. The minimum Gasteiger partial charge on any atom is -0.334 e. The van der Waals surface area contributed by atoms with Crippen molar-refractivity contribution in [1.82, 2.24) is 20.4 Å². The van der Waals surface area contributed by atoms with Gasteiger partial charge in [-0.05, 0) is 44.2 Å². The van der Waals surface area contributed by atoms with Crippen LogP contribution < -0.4 is 10.6 Å². The monoisotopic (exact) mass is 363 g/mol. The van der Waals surface area contributed by atoms with Gasteiger partial charge in [0.25, 0.3) is 5.89 Å². The fraction of sp³-hybridized carbons (Fsp3) is 0.471. The molecule has 0 radical (unpaired) electrons. The van der Waals surface area contributed by atoms with Crippen molar-refractivity contribution in [3.8, 4) is 11.5 Å². The van der Waals surface area contributed by atoms with Gasteiger partial charge < -0.3 is 15.2 Å². The van der Waals surface area contributed by atoms with Gasteiger partial charge in [-0.15, -0.1) is 12.4 Å². The van der Waals surface area contributed by atoms with E-state index >= 15 is 0 Å². The van der Waals surface area contributed by atoms with Crippen molar-refractivity contribution in [1.29, 1.82) is 0 Å². The van der Waals surface area contributed by atoms with E-state index in [2.05, 4.69) is 32.7 Å². The topological polar surface area (TPSA) is 83.3 Å². The first-order chi connectivity index (χ1) is 11.7. The Bertz CT molecular complexity index is 729. The predicted molar refractivity (Wildman–Crippen MR) is 96.6 cm³/mol. The molecule has 1 unspecified atom stereocenters. The second-order valence-corrected chi connectivity index (χ2v) is 6.50. The molecule has 134 valence electrons. The average Bonchev–Trinajstić information content (AvgIpc) is 3.34. The van der Waals surface area contributed by atoms with Gasteiger partial charge in [0.2, 0.25) is 5.91 Å². The van der Waals surface area contributed by atoms with Gasteiger partial charge in [0, 0.05) is 36.8 Å². The number of likely N-dealkylation sites (N-methyl/N-ethyl adjacent to an activating group) is 1. The maximum absolute atomic E-state index is 11.8. The fourth-order valence-electron chi connectivity index (χ4n) is 2.87. The molecule has 2 fully saturated rings. The molecule has 0 bridgehead atoms. The van der Waals surface area contributed by atoms with Crippen LogP contribution in [0.4, 0.5) is 5.69 Å². The van der Waals surface area contributed by atoms with Crippen LogP contribution >= 0.6 is 12.4 Å². The summed E-state index contributed by atoms with van der Waals surface area (Å²) in [5.41, 5.74) is 1.65. The first kappa shape index (κ1) is 17.8. The summed E-state index contributed by atoms with van der Waals surface area (Å²) in [4.78, 5) is 18.5. The highest BCUT2D eigenvalue weighted by atomic mass is 35.5. The largest absolute Gasteiger partial charge is 0.334 e. The lowest BCUT2D eigenvalue weighted by atomic mass is 10.2. The summed E-state index contributed by atoms with van der Waals surface area (Å²) in [6.45, 7) is 2.76. The van der Waals surface area contributed by atoms with Gasteiger partial charge in [-0.25, -0.2) is 0 Å². The number of rotatable bonds is 4. The zero-order chi connectivity index (χ0) is 16.5. The molecule has 0 spiro atoms. The molecule has 25 heavy (non-hydrogen) atoms. The highest BCUT2D eigenvalue weighted by Crippen LogP contribution is 2.30. The molecule has 1 aromatic carbocycles. The van der Waals surface area contributed by atoms with E-state index in [4.69, 9.17) is 4.52 Å². The maximum Gasteiger partial charge on any atom is 0.257 e. The molecule has 1 amide bonds. The van der Waals surface area contributed by atoms with Gasteiger partial charge in [0.15, 0.2) is 5.82 Å². The number of nitrogens with zero attached hydrogens (tertiary/aromatic N) is 3. The Hall–Kier alpha value is -1.96. The van der Waals surface area contributed by atoms with Crippen molar-refractivity contribution in [3.63, 3.8) is 0 Å². The van der Waals surface area contributed by atoms with Gasteiger partial charge in [0.1, 0.15) is 0 Å². The van der Waals surface area contributed by atoms with Crippen molar-refractivity contribution in [3.05, 3.63) is 30.1 Å². The molecule has 2 aromatic rings. The number of piperazine rings is 1. The summed E-state index contributed by atoms with van der Waals surface area (Å²) in [7, 11) is 2.07. The molecule has 8 heteroatoms. The van der Waals surface area contributed by atoms with Gasteiger partial charge in [-0.3, -0.25) is 9.69 Å². The van der Waals surface area contributed by atoms with Crippen LogP contribution in [0, 0.1) is 5.92 Å². The number of amides is 1. The summed E-state index contributed by atoms with van der Waals surface area (Å²) in [6, 6.07) is 7.65. The molecular formula is C17H22ClN5O2. The summed E-state index contributed by atoms with van der Waals surface area (Å²) in [5, 5.41) is 10.4. The molecule has 7 nitrogen and oxygen atoms in total. The highest BCUT2D eigenvalue weighted by Gasteiger charge is 2.29. The average molecular weight is 364 g/mol. The van der Waals surface area contributed by atoms with E-state index in [1.807, 2.05) is 24.3 Å². The smallest absolute Gasteiger partial charge is 0.257 e. The standard InChI is InChI=1S/C17H21N5O2.ClH/c1-22-9-8-18-10-14(22)15-20-17(24-21-15)12-4-6-13(7-5-12)19-16(23)11-2-3-11;/h4-7,11,14,18H,2-3,8-10H2,1H3,(H,19,23);1H. The lowest BCUT2D eigenvalue weighted by Crippen LogP contribution is -2.44. The number of aromatic nitrogens is 2. The van der Waals surface area contributed by atoms with Crippen LogP contribution in [0.1, 0.15) is 24.7 Å². The van der Waals surface area contributed by atoms with Crippen LogP contribution in [0.5, 0.6) is 0 Å². The Kier molecular flexibility index (Phi) is 5.36. The third kappa shape index (κ3) is 4.00. The van der Waals surface area contributed by atoms with E-state index in [9.17, 15) is 4.79 Å². The summed E-state index contributed by atoms with van der Waals surface area (Å²) in [5.74, 6) is 1.51. The quantitative estimate of drug-likeness (QED) is 0.865. The lowest BCUT2D eigenvalue weighted by molar-refractivity contribution is -0.117. The number of hydrogen-bond donors (Lipinski definition) is 2. The molecule has 1 aromatic heterocycles. The van der Waals surface area contributed by atoms with Gasteiger partial charge in [-0.2, -0.15) is 4.98 Å². The van der Waals surface area contributed by atoms with Crippen LogP contribution in [0.25, 0.3) is 11.5 Å². The van der Waals surface area contributed by atoms with Crippen LogP contribution in [0.3, 0.4) is 0 Å². The molecule has 1 aliphatic carbocycles. The summed E-state index contributed by atoms with van der Waals surface area (Å²) >= 11 is 0. The van der Waals surface area contributed by atoms with E-state index in [1.54, 1.807) is 0 Å². The van der Waals surface area contributed by atoms with E-state index in [0.717, 1.165) is 43.7 Å². The second kappa shape index (κ2) is 7.51. The van der Waals surface area contributed by atoms with E-state index in [-0.39, 0.29) is 30.3 Å². The van der Waals surface area contributed by atoms with Gasteiger partial charge in [0.05, 0.1) is 6.04 Å². The highest BCUT2D eigenvalue weighted by molar-refractivity contribution is 5.94. The zero-order valence-electron chi connectivity index (χ0n) is 14.1. The minimum atomic E-state index is 0. The second-order valence-electron chi connectivity index (χ2n) is 6.50. The van der Waals surface area contributed by atoms with Crippen LogP contribution in [-0.2, 0) is 4.79 Å². The Morgan fingerprint density at radius 2 is 2.08 bits per heavy atom. The number of carbonyl (C=O) groups is 1. The van der Waals surface area contributed by atoms with Crippen LogP contribution in [-0.4, -0.2) is 47.6 Å². The Morgan fingerprint density at radius 3 is 2.76 bits per heavy atom. The fourth-order valence-corrected chi connectivity index (χ4v) is 2.87. The molecule has 1 aliphatic heterocycles. The van der Waals surface area contributed by atoms with E-state index < -0.39 is 0 Å². The molecule has 2 N–H and O–H groups in total. The van der Waals surface area contributed by atoms with E-state index in [0.29, 0.717) is 11.7 Å². The molecule has 1 atom stereocenters. The Balaban J connectivity index is 0.00000182. The number of halogens is 1. The zero-order valence-corrected chi connectivity index (χ0v) is 14.9. The summed E-state index contributed by atoms with van der Waals surface area (Å²) < 4.78 is 5.42. The number of carbonyl (C=O) groups excluding carboxylic acids is 1. The van der Waals surface area contributed by atoms with Crippen molar-refractivity contribution in [2.24, 2.45) is 5.92 Å². The number of benzene rings is 1. The third-order valence-corrected chi connectivity index (χ3v) is 4.60. The normalized spacial score (nSPS) is 20.8. The van der Waals surface area contributed by atoms with E-state index in [1.165, 1.54) is 0 Å². The number of nitrogens with one attached hydrogen (secondary N) is 2.